The lowest BCUT2D eigenvalue weighted by Gasteiger charge is -2.08. The van der Waals surface area contributed by atoms with Crippen molar-refractivity contribution >= 4 is 29.1 Å². The first-order valence-electron chi connectivity index (χ1n) is 4.73. The summed E-state index contributed by atoms with van der Waals surface area (Å²) in [5, 5.41) is 12.3. The standard InChI is InChI=1S/C11H8ClN3O2/c12-8-2-1-4-14-10(8)15-9-3-5-13-6-7(9)11(16)17/h1-6H,(H,16,17)(H,13,14,15). The second-order valence-corrected chi connectivity index (χ2v) is 3.59. The summed E-state index contributed by atoms with van der Waals surface area (Å²) in [6.07, 6.45) is 4.32. The number of aromatic carboxylic acids is 1. The molecule has 6 heteroatoms. The van der Waals surface area contributed by atoms with Crippen LogP contribution in [0, 0.1) is 0 Å². The highest BCUT2D eigenvalue weighted by Crippen LogP contribution is 2.24. The SMILES string of the molecule is O=C(O)c1cnccc1Nc1ncccc1Cl. The minimum atomic E-state index is -1.06. The molecule has 2 N–H and O–H groups in total. The van der Waals surface area contributed by atoms with Crippen LogP contribution in [0.5, 0.6) is 0 Å². The summed E-state index contributed by atoms with van der Waals surface area (Å²) in [5.41, 5.74) is 0.460. The van der Waals surface area contributed by atoms with Crippen molar-refractivity contribution in [3.63, 3.8) is 0 Å². The Kier molecular flexibility index (Phi) is 3.20. The molecule has 86 valence electrons. The number of rotatable bonds is 3. The molecule has 2 heterocycles. The van der Waals surface area contributed by atoms with Crippen molar-refractivity contribution in [3.05, 3.63) is 47.4 Å². The maximum absolute atomic E-state index is 11.0. The highest BCUT2D eigenvalue weighted by Gasteiger charge is 2.11. The first-order chi connectivity index (χ1) is 8.18. The van der Waals surface area contributed by atoms with Crippen LogP contribution in [0.15, 0.2) is 36.8 Å². The number of carbonyl (C=O) groups is 1. The van der Waals surface area contributed by atoms with Crippen molar-refractivity contribution in [3.8, 4) is 0 Å². The average Bonchev–Trinajstić information content (AvgIpc) is 2.32. The fourth-order valence-electron chi connectivity index (χ4n) is 1.28. The van der Waals surface area contributed by atoms with Gasteiger partial charge in [0.25, 0.3) is 0 Å². The molecule has 17 heavy (non-hydrogen) atoms. The Labute approximate surface area is 102 Å². The van der Waals surface area contributed by atoms with Crippen LogP contribution >= 0.6 is 11.6 Å². The van der Waals surface area contributed by atoms with E-state index < -0.39 is 5.97 Å². The van der Waals surface area contributed by atoms with Crippen LogP contribution in [0.3, 0.4) is 0 Å². The fourth-order valence-corrected chi connectivity index (χ4v) is 1.45. The molecule has 0 atom stereocenters. The van der Waals surface area contributed by atoms with Gasteiger partial charge in [0.1, 0.15) is 11.4 Å². The minimum Gasteiger partial charge on any atom is -0.478 e. The molecule has 0 saturated heterocycles. The summed E-state index contributed by atoms with van der Waals surface area (Å²) in [4.78, 5) is 18.7. The third-order valence-electron chi connectivity index (χ3n) is 2.06. The number of halogens is 1. The predicted octanol–water partition coefficient (Wildman–Crippen LogP) is 2.57. The number of nitrogens with zero attached hydrogens (tertiary/aromatic N) is 2. The van der Waals surface area contributed by atoms with Crippen molar-refractivity contribution in [2.45, 2.75) is 0 Å². The molecule has 0 aliphatic heterocycles. The van der Waals surface area contributed by atoms with E-state index in [9.17, 15) is 4.79 Å². The second-order valence-electron chi connectivity index (χ2n) is 3.19. The molecule has 2 rings (SSSR count). The Hall–Kier alpha value is -2.14. The van der Waals surface area contributed by atoms with E-state index in [0.717, 1.165) is 0 Å². The van der Waals surface area contributed by atoms with E-state index in [-0.39, 0.29) is 5.56 Å². The van der Waals surface area contributed by atoms with Gasteiger partial charge in [0, 0.05) is 18.6 Å². The molecule has 0 saturated carbocycles. The van der Waals surface area contributed by atoms with Crippen LogP contribution in [0.25, 0.3) is 0 Å². The van der Waals surface area contributed by atoms with Crippen LogP contribution in [0.1, 0.15) is 10.4 Å². The van der Waals surface area contributed by atoms with Crippen LogP contribution in [0.4, 0.5) is 11.5 Å². The van der Waals surface area contributed by atoms with Gasteiger partial charge < -0.3 is 10.4 Å². The Morgan fingerprint density at radius 1 is 1.35 bits per heavy atom. The molecular formula is C11H8ClN3O2. The highest BCUT2D eigenvalue weighted by atomic mass is 35.5. The highest BCUT2D eigenvalue weighted by molar-refractivity contribution is 6.33. The molecule has 0 radical (unpaired) electrons. The molecule has 5 nitrogen and oxygen atoms in total. The van der Waals surface area contributed by atoms with Crippen molar-refractivity contribution in [1.82, 2.24) is 9.97 Å². The van der Waals surface area contributed by atoms with Gasteiger partial charge in [0.05, 0.1) is 10.7 Å². The van der Waals surface area contributed by atoms with E-state index in [1.54, 1.807) is 24.4 Å². The number of carboxylic acid groups (broad SMARTS) is 1. The lowest BCUT2D eigenvalue weighted by molar-refractivity contribution is 0.0697. The summed E-state index contributed by atoms with van der Waals surface area (Å²) < 4.78 is 0. The third-order valence-corrected chi connectivity index (χ3v) is 2.37. The summed E-state index contributed by atoms with van der Waals surface area (Å²) in [5.74, 6) is -0.657. The van der Waals surface area contributed by atoms with E-state index >= 15 is 0 Å². The molecule has 0 unspecified atom stereocenters. The molecule has 0 fully saturated rings. The number of anilines is 2. The van der Waals surface area contributed by atoms with E-state index in [1.807, 2.05) is 0 Å². The zero-order valence-corrected chi connectivity index (χ0v) is 9.35. The molecule has 0 aromatic carbocycles. The normalized spacial score (nSPS) is 9.94. The summed E-state index contributed by atoms with van der Waals surface area (Å²) in [6.45, 7) is 0. The fraction of sp³-hybridized carbons (Fsp3) is 0. The summed E-state index contributed by atoms with van der Waals surface area (Å²) >= 11 is 5.92. The zero-order chi connectivity index (χ0) is 12.3. The second kappa shape index (κ2) is 4.80. The number of nitrogens with one attached hydrogen (secondary N) is 1. The monoisotopic (exact) mass is 249 g/mol. The largest absolute Gasteiger partial charge is 0.478 e. The van der Waals surface area contributed by atoms with Crippen molar-refractivity contribution in [1.29, 1.82) is 0 Å². The first kappa shape index (κ1) is 11.3. The lowest BCUT2D eigenvalue weighted by Crippen LogP contribution is -2.04. The molecule has 0 bridgehead atoms. The number of aromatic nitrogens is 2. The predicted molar refractivity (Wildman–Crippen MR) is 63.7 cm³/mol. The molecule has 0 aliphatic rings. The van der Waals surface area contributed by atoms with Crippen LogP contribution in [0.2, 0.25) is 5.02 Å². The van der Waals surface area contributed by atoms with Crippen molar-refractivity contribution in [2.24, 2.45) is 0 Å². The van der Waals surface area contributed by atoms with Crippen LogP contribution < -0.4 is 5.32 Å². The number of pyridine rings is 2. The maximum Gasteiger partial charge on any atom is 0.339 e. The molecule has 2 aromatic rings. The van der Waals surface area contributed by atoms with E-state index in [2.05, 4.69) is 15.3 Å². The van der Waals surface area contributed by atoms with Gasteiger partial charge in [-0.2, -0.15) is 0 Å². The molecule has 0 spiro atoms. The first-order valence-corrected chi connectivity index (χ1v) is 5.11. The van der Waals surface area contributed by atoms with Gasteiger partial charge in [-0.15, -0.1) is 0 Å². The van der Waals surface area contributed by atoms with Gasteiger partial charge >= 0.3 is 5.97 Å². The van der Waals surface area contributed by atoms with E-state index in [1.165, 1.54) is 12.4 Å². The maximum atomic E-state index is 11.0. The summed E-state index contributed by atoms with van der Waals surface area (Å²) in [6, 6.07) is 4.91. The Morgan fingerprint density at radius 2 is 2.18 bits per heavy atom. The zero-order valence-electron chi connectivity index (χ0n) is 8.59. The third kappa shape index (κ3) is 2.51. The summed E-state index contributed by atoms with van der Waals surface area (Å²) in [7, 11) is 0. The Morgan fingerprint density at radius 3 is 2.88 bits per heavy atom. The topological polar surface area (TPSA) is 75.1 Å². The van der Waals surface area contributed by atoms with Gasteiger partial charge in [-0.05, 0) is 18.2 Å². The van der Waals surface area contributed by atoms with Crippen LogP contribution in [-0.4, -0.2) is 21.0 Å². The quantitative estimate of drug-likeness (QED) is 0.874. The lowest BCUT2D eigenvalue weighted by atomic mass is 10.2. The van der Waals surface area contributed by atoms with E-state index in [4.69, 9.17) is 16.7 Å². The van der Waals surface area contributed by atoms with Crippen LogP contribution in [-0.2, 0) is 0 Å². The van der Waals surface area contributed by atoms with Gasteiger partial charge in [0.2, 0.25) is 0 Å². The Bertz CT molecular complexity index is 560. The average molecular weight is 250 g/mol. The van der Waals surface area contributed by atoms with Gasteiger partial charge in [-0.3, -0.25) is 4.98 Å². The molecular weight excluding hydrogens is 242 g/mol. The number of carboxylic acids is 1. The van der Waals surface area contributed by atoms with Crippen molar-refractivity contribution in [2.75, 3.05) is 5.32 Å². The minimum absolute atomic E-state index is 0.0641. The van der Waals surface area contributed by atoms with Gasteiger partial charge in [-0.1, -0.05) is 11.6 Å². The van der Waals surface area contributed by atoms with Gasteiger partial charge in [0.15, 0.2) is 0 Å². The van der Waals surface area contributed by atoms with E-state index in [0.29, 0.717) is 16.5 Å². The smallest absolute Gasteiger partial charge is 0.339 e. The molecule has 0 aliphatic carbocycles. The Balaban J connectivity index is 2.37. The molecule has 0 amide bonds. The van der Waals surface area contributed by atoms with Gasteiger partial charge in [-0.25, -0.2) is 9.78 Å². The number of hydrogen-bond acceptors (Lipinski definition) is 4. The van der Waals surface area contributed by atoms with Crippen molar-refractivity contribution < 1.29 is 9.90 Å². The number of hydrogen-bond donors (Lipinski definition) is 2. The molecule has 2 aromatic heterocycles.